The van der Waals surface area contributed by atoms with Gasteiger partial charge in [0.05, 0.1) is 0 Å². The molecule has 19 heavy (non-hydrogen) atoms. The quantitative estimate of drug-likeness (QED) is 0.800. The molecule has 104 valence electrons. The van der Waals surface area contributed by atoms with Crippen molar-refractivity contribution < 1.29 is 14.4 Å². The van der Waals surface area contributed by atoms with E-state index in [2.05, 4.69) is 15.6 Å². The molecule has 2 amide bonds. The van der Waals surface area contributed by atoms with E-state index >= 15 is 0 Å². The minimum Gasteiger partial charge on any atom is -0.344 e. The van der Waals surface area contributed by atoms with Crippen molar-refractivity contribution in [2.24, 2.45) is 5.92 Å². The average Bonchev–Trinajstić information content (AvgIpc) is 2.73. The number of amides is 2. The highest BCUT2D eigenvalue weighted by Crippen LogP contribution is 2.16. The standard InChI is InChI=1S/C12H17N3O3S/c1-6(2)10(13-8(4)17)11(18)15-12-14-9(5-19-12)7(3)16/h5-6,10H,1-4H3,(H,13,17)(H,14,15,18)/t10-/m1/s1. The van der Waals surface area contributed by atoms with Crippen LogP contribution in [0.1, 0.15) is 38.2 Å². The van der Waals surface area contributed by atoms with E-state index in [4.69, 9.17) is 0 Å². The Hall–Kier alpha value is -1.76. The van der Waals surface area contributed by atoms with Crippen LogP contribution in [0.5, 0.6) is 0 Å². The van der Waals surface area contributed by atoms with Gasteiger partial charge in [-0.25, -0.2) is 4.98 Å². The lowest BCUT2D eigenvalue weighted by atomic mass is 10.0. The van der Waals surface area contributed by atoms with Gasteiger partial charge in [-0.15, -0.1) is 11.3 Å². The van der Waals surface area contributed by atoms with E-state index in [0.717, 1.165) is 0 Å². The van der Waals surface area contributed by atoms with Crippen molar-refractivity contribution in [2.75, 3.05) is 5.32 Å². The molecule has 6 nitrogen and oxygen atoms in total. The van der Waals surface area contributed by atoms with Crippen molar-refractivity contribution in [1.82, 2.24) is 10.3 Å². The molecule has 0 fully saturated rings. The Morgan fingerprint density at radius 3 is 2.32 bits per heavy atom. The van der Waals surface area contributed by atoms with Crippen LogP contribution in [0.25, 0.3) is 0 Å². The van der Waals surface area contributed by atoms with Gasteiger partial charge in [-0.1, -0.05) is 13.8 Å². The van der Waals surface area contributed by atoms with Gasteiger partial charge in [0.1, 0.15) is 11.7 Å². The van der Waals surface area contributed by atoms with Gasteiger partial charge < -0.3 is 10.6 Å². The van der Waals surface area contributed by atoms with Crippen LogP contribution in [-0.2, 0) is 9.59 Å². The predicted molar refractivity (Wildman–Crippen MR) is 73.2 cm³/mol. The summed E-state index contributed by atoms with van der Waals surface area (Å²) in [6.45, 7) is 6.45. The Balaban J connectivity index is 2.75. The lowest BCUT2D eigenvalue weighted by Crippen LogP contribution is -2.46. The number of Topliss-reactive ketones (excluding diaryl/α,β-unsaturated/α-hetero) is 1. The van der Waals surface area contributed by atoms with Gasteiger partial charge in [-0.05, 0) is 5.92 Å². The zero-order chi connectivity index (χ0) is 14.6. The highest BCUT2D eigenvalue weighted by molar-refractivity contribution is 7.14. The van der Waals surface area contributed by atoms with E-state index in [-0.39, 0.29) is 23.5 Å². The fraction of sp³-hybridized carbons (Fsp3) is 0.500. The summed E-state index contributed by atoms with van der Waals surface area (Å²) in [6, 6.07) is -0.623. The second kappa shape index (κ2) is 6.42. The van der Waals surface area contributed by atoms with Crippen LogP contribution in [0.3, 0.4) is 0 Å². The lowest BCUT2D eigenvalue weighted by molar-refractivity contribution is -0.126. The molecular weight excluding hydrogens is 266 g/mol. The molecule has 0 aliphatic rings. The SMILES string of the molecule is CC(=O)N[C@@H](C(=O)Nc1nc(C(C)=O)cs1)C(C)C. The molecule has 0 bridgehead atoms. The topological polar surface area (TPSA) is 88.2 Å². The van der Waals surface area contributed by atoms with E-state index in [0.29, 0.717) is 10.8 Å². The first-order chi connectivity index (χ1) is 8.81. The molecule has 2 N–H and O–H groups in total. The summed E-state index contributed by atoms with van der Waals surface area (Å²) < 4.78 is 0. The number of nitrogens with one attached hydrogen (secondary N) is 2. The molecule has 0 aliphatic carbocycles. The van der Waals surface area contributed by atoms with Crippen LogP contribution < -0.4 is 10.6 Å². The molecule has 0 spiro atoms. The number of rotatable bonds is 5. The molecule has 0 aromatic carbocycles. The number of ketones is 1. The van der Waals surface area contributed by atoms with E-state index < -0.39 is 6.04 Å². The maximum absolute atomic E-state index is 12.0. The van der Waals surface area contributed by atoms with Gasteiger partial charge in [-0.3, -0.25) is 14.4 Å². The summed E-state index contributed by atoms with van der Waals surface area (Å²) in [6.07, 6.45) is 0. The summed E-state index contributed by atoms with van der Waals surface area (Å²) in [4.78, 5) is 38.2. The summed E-state index contributed by atoms with van der Waals surface area (Å²) >= 11 is 1.18. The van der Waals surface area contributed by atoms with E-state index in [1.165, 1.54) is 25.2 Å². The fourth-order valence-corrected chi connectivity index (χ4v) is 2.18. The van der Waals surface area contributed by atoms with Gasteiger partial charge in [-0.2, -0.15) is 0 Å². The van der Waals surface area contributed by atoms with Crippen molar-refractivity contribution in [2.45, 2.75) is 33.7 Å². The van der Waals surface area contributed by atoms with Crippen LogP contribution in [0.2, 0.25) is 0 Å². The molecule has 7 heteroatoms. The number of anilines is 1. The zero-order valence-corrected chi connectivity index (χ0v) is 12.1. The highest BCUT2D eigenvalue weighted by atomic mass is 32.1. The molecule has 1 heterocycles. The van der Waals surface area contributed by atoms with Crippen molar-refractivity contribution >= 4 is 34.1 Å². The summed E-state index contributed by atoms with van der Waals surface area (Å²) in [7, 11) is 0. The fourth-order valence-electron chi connectivity index (χ4n) is 1.43. The lowest BCUT2D eigenvalue weighted by Gasteiger charge is -2.20. The third-order valence-electron chi connectivity index (χ3n) is 2.40. The molecule has 1 aromatic heterocycles. The first kappa shape index (κ1) is 15.3. The molecule has 1 atom stereocenters. The number of carbonyl (C=O) groups excluding carboxylic acids is 3. The Morgan fingerprint density at radius 2 is 1.89 bits per heavy atom. The molecule has 0 saturated carbocycles. The summed E-state index contributed by atoms with van der Waals surface area (Å²) in [5.74, 6) is -0.803. The van der Waals surface area contributed by atoms with Gasteiger partial charge in [0.25, 0.3) is 0 Å². The first-order valence-corrected chi connectivity index (χ1v) is 6.73. The Bertz CT molecular complexity index is 496. The zero-order valence-electron chi connectivity index (χ0n) is 11.3. The second-order valence-corrected chi connectivity index (χ2v) is 5.36. The van der Waals surface area contributed by atoms with Crippen LogP contribution in [0, 0.1) is 5.92 Å². The minimum absolute atomic E-state index is 0.0452. The van der Waals surface area contributed by atoms with Gasteiger partial charge >= 0.3 is 0 Å². The molecule has 0 unspecified atom stereocenters. The number of hydrogen-bond donors (Lipinski definition) is 2. The average molecular weight is 283 g/mol. The first-order valence-electron chi connectivity index (χ1n) is 5.85. The van der Waals surface area contributed by atoms with E-state index in [1.54, 1.807) is 5.38 Å². The molecule has 0 saturated heterocycles. The number of carbonyl (C=O) groups is 3. The highest BCUT2D eigenvalue weighted by Gasteiger charge is 2.23. The summed E-state index contributed by atoms with van der Waals surface area (Å²) in [5.41, 5.74) is 0.320. The number of hydrogen-bond acceptors (Lipinski definition) is 5. The minimum atomic E-state index is -0.623. The Morgan fingerprint density at radius 1 is 1.26 bits per heavy atom. The van der Waals surface area contributed by atoms with Crippen molar-refractivity contribution in [1.29, 1.82) is 0 Å². The third-order valence-corrected chi connectivity index (χ3v) is 3.16. The normalized spacial score (nSPS) is 12.1. The Labute approximate surface area is 115 Å². The predicted octanol–water partition coefficient (Wildman–Crippen LogP) is 1.44. The molecule has 1 rings (SSSR count). The largest absolute Gasteiger partial charge is 0.344 e. The summed E-state index contributed by atoms with van der Waals surface area (Å²) in [5, 5.41) is 7.13. The number of thiazole rings is 1. The van der Waals surface area contributed by atoms with Crippen LogP contribution >= 0.6 is 11.3 Å². The van der Waals surface area contributed by atoms with Gasteiger partial charge in [0.2, 0.25) is 11.8 Å². The Kier molecular flexibility index (Phi) is 5.17. The smallest absolute Gasteiger partial charge is 0.248 e. The number of nitrogens with zero attached hydrogens (tertiary/aromatic N) is 1. The van der Waals surface area contributed by atoms with Crippen LogP contribution in [0.15, 0.2) is 5.38 Å². The van der Waals surface area contributed by atoms with Crippen molar-refractivity contribution in [3.8, 4) is 0 Å². The van der Waals surface area contributed by atoms with E-state index in [9.17, 15) is 14.4 Å². The molecule has 0 radical (unpaired) electrons. The van der Waals surface area contributed by atoms with Crippen molar-refractivity contribution in [3.63, 3.8) is 0 Å². The van der Waals surface area contributed by atoms with Gasteiger partial charge in [0, 0.05) is 19.2 Å². The maximum Gasteiger partial charge on any atom is 0.248 e. The molecular formula is C12H17N3O3S. The second-order valence-electron chi connectivity index (χ2n) is 4.51. The number of aromatic nitrogens is 1. The van der Waals surface area contributed by atoms with Crippen molar-refractivity contribution in [3.05, 3.63) is 11.1 Å². The van der Waals surface area contributed by atoms with E-state index in [1.807, 2.05) is 13.8 Å². The van der Waals surface area contributed by atoms with Gasteiger partial charge in [0.15, 0.2) is 10.9 Å². The maximum atomic E-state index is 12.0. The third kappa shape index (κ3) is 4.44. The van der Waals surface area contributed by atoms with Crippen LogP contribution in [0.4, 0.5) is 5.13 Å². The molecule has 1 aromatic rings. The monoisotopic (exact) mass is 283 g/mol. The van der Waals surface area contributed by atoms with Crippen LogP contribution in [-0.4, -0.2) is 28.6 Å². The molecule has 0 aliphatic heterocycles.